The number of nitrogens with zero attached hydrogens (tertiary/aromatic N) is 4. The monoisotopic (exact) mass is 536 g/mol. The number of alkyl halides is 2. The third kappa shape index (κ3) is 4.85. The third-order valence-electron chi connectivity index (χ3n) is 7.18. The van der Waals surface area contributed by atoms with Gasteiger partial charge in [0.25, 0.3) is 17.4 Å². The summed E-state index contributed by atoms with van der Waals surface area (Å²) >= 11 is 7.54. The van der Waals surface area contributed by atoms with Crippen molar-refractivity contribution in [3.05, 3.63) is 57.0 Å². The molecule has 0 N–H and O–H groups in total. The van der Waals surface area contributed by atoms with E-state index in [2.05, 4.69) is 4.90 Å². The number of hydrogen-bond acceptors (Lipinski definition) is 5. The van der Waals surface area contributed by atoms with Gasteiger partial charge in [0, 0.05) is 85.5 Å². The van der Waals surface area contributed by atoms with Crippen molar-refractivity contribution in [2.24, 2.45) is 7.05 Å². The van der Waals surface area contributed by atoms with Crippen LogP contribution in [0, 0.1) is 0 Å². The first-order valence-corrected chi connectivity index (χ1v) is 13.3. The minimum absolute atomic E-state index is 0.0179. The first-order chi connectivity index (χ1) is 17.1. The molecule has 36 heavy (non-hydrogen) atoms. The molecule has 3 aliphatic heterocycles. The Hall–Kier alpha value is -2.59. The van der Waals surface area contributed by atoms with Crippen molar-refractivity contribution in [2.75, 3.05) is 49.9 Å². The summed E-state index contributed by atoms with van der Waals surface area (Å²) in [5.41, 5.74) is 1.52. The number of hydrogen-bond donors (Lipinski definition) is 0. The molecule has 11 heteroatoms. The molecule has 2 saturated heterocycles. The van der Waals surface area contributed by atoms with E-state index in [1.165, 1.54) is 21.2 Å². The van der Waals surface area contributed by atoms with Crippen LogP contribution in [0.4, 0.5) is 14.5 Å². The number of fused-ring (bicyclic) bond motifs is 1. The number of aromatic nitrogens is 1. The van der Waals surface area contributed by atoms with Crippen molar-refractivity contribution in [1.29, 1.82) is 0 Å². The lowest BCUT2D eigenvalue weighted by Gasteiger charge is -2.36. The van der Waals surface area contributed by atoms with Crippen LogP contribution < -0.4 is 10.5 Å². The SMILES string of the molecule is Cn1c(C(=O)N2CCN(c3cccc(Cl)c3)CC2)cc2c(c1=O)C(CC(=O)N1CCC(F)(F)C1)CS2. The molecule has 1 aromatic heterocycles. The first kappa shape index (κ1) is 25.1. The number of anilines is 1. The molecule has 1 atom stereocenters. The molecule has 2 aromatic rings. The molecule has 2 amide bonds. The van der Waals surface area contributed by atoms with E-state index in [1.807, 2.05) is 24.3 Å². The predicted molar refractivity (Wildman–Crippen MR) is 135 cm³/mol. The quantitative estimate of drug-likeness (QED) is 0.599. The Morgan fingerprint density at radius 1 is 1.11 bits per heavy atom. The highest BCUT2D eigenvalue weighted by atomic mass is 35.5. The number of pyridine rings is 1. The van der Waals surface area contributed by atoms with Crippen molar-refractivity contribution in [3.8, 4) is 0 Å². The van der Waals surface area contributed by atoms with E-state index >= 15 is 0 Å². The van der Waals surface area contributed by atoms with Crippen molar-refractivity contribution >= 4 is 40.9 Å². The Morgan fingerprint density at radius 2 is 1.86 bits per heavy atom. The molecule has 1 unspecified atom stereocenters. The van der Waals surface area contributed by atoms with Crippen LogP contribution in [0.1, 0.15) is 34.8 Å². The van der Waals surface area contributed by atoms with Gasteiger partial charge in [0.15, 0.2) is 0 Å². The number of carbonyl (C=O) groups excluding carboxylic acids is 2. The number of benzene rings is 1. The van der Waals surface area contributed by atoms with Gasteiger partial charge in [-0.2, -0.15) is 0 Å². The number of piperazine rings is 1. The van der Waals surface area contributed by atoms with Crippen molar-refractivity contribution in [1.82, 2.24) is 14.4 Å². The van der Waals surface area contributed by atoms with E-state index in [0.29, 0.717) is 53.1 Å². The number of rotatable bonds is 4. The van der Waals surface area contributed by atoms with Crippen LogP contribution in [0.5, 0.6) is 0 Å². The Morgan fingerprint density at radius 3 is 2.53 bits per heavy atom. The average molecular weight is 537 g/mol. The number of thioether (sulfide) groups is 1. The number of carbonyl (C=O) groups is 2. The zero-order valence-corrected chi connectivity index (χ0v) is 21.5. The summed E-state index contributed by atoms with van der Waals surface area (Å²) in [7, 11) is 1.57. The van der Waals surface area contributed by atoms with Gasteiger partial charge in [-0.05, 0) is 24.3 Å². The predicted octanol–water partition coefficient (Wildman–Crippen LogP) is 3.45. The van der Waals surface area contributed by atoms with Crippen LogP contribution in [0.25, 0.3) is 0 Å². The van der Waals surface area contributed by atoms with Crippen LogP contribution in [-0.2, 0) is 11.8 Å². The topological polar surface area (TPSA) is 65.9 Å². The maximum Gasteiger partial charge on any atom is 0.270 e. The second-order valence-corrected chi connectivity index (χ2v) is 11.1. The number of amides is 2. The summed E-state index contributed by atoms with van der Waals surface area (Å²) in [6.45, 7) is 1.81. The summed E-state index contributed by atoms with van der Waals surface area (Å²) < 4.78 is 28.4. The number of halogens is 3. The molecule has 3 aliphatic rings. The number of likely N-dealkylation sites (tertiary alicyclic amines) is 1. The van der Waals surface area contributed by atoms with Gasteiger partial charge in [0.05, 0.1) is 6.54 Å². The highest BCUT2D eigenvalue weighted by Crippen LogP contribution is 2.40. The minimum Gasteiger partial charge on any atom is -0.368 e. The van der Waals surface area contributed by atoms with Crippen molar-refractivity contribution in [2.45, 2.75) is 29.6 Å². The normalized spacial score (nSPS) is 21.1. The van der Waals surface area contributed by atoms with Gasteiger partial charge in [0.1, 0.15) is 5.69 Å². The Balaban J connectivity index is 1.28. The maximum atomic E-state index is 13.5. The van der Waals surface area contributed by atoms with Crippen molar-refractivity contribution < 1.29 is 18.4 Å². The standard InChI is InChI=1S/C25H27ClF2N4O3S/c1-29-19(23(34)31-9-7-30(8-10-31)18-4-2-3-17(26)12-18)13-20-22(24(29)35)16(14-36-20)11-21(33)32-6-5-25(27,28)15-32/h2-4,12-13,16H,5-11,14-15H2,1H3. The summed E-state index contributed by atoms with van der Waals surface area (Å²) in [4.78, 5) is 45.0. The van der Waals surface area contributed by atoms with Gasteiger partial charge in [-0.15, -0.1) is 11.8 Å². The second kappa shape index (κ2) is 9.70. The largest absolute Gasteiger partial charge is 0.368 e. The second-order valence-electron chi connectivity index (χ2n) is 9.56. The molecular formula is C25H27ClF2N4O3S. The molecule has 0 bridgehead atoms. The van der Waals surface area contributed by atoms with E-state index in [-0.39, 0.29) is 42.7 Å². The third-order valence-corrected chi connectivity index (χ3v) is 8.63. The first-order valence-electron chi connectivity index (χ1n) is 11.9. The fourth-order valence-electron chi connectivity index (χ4n) is 5.12. The lowest BCUT2D eigenvalue weighted by Crippen LogP contribution is -2.49. The van der Waals surface area contributed by atoms with Gasteiger partial charge in [-0.3, -0.25) is 14.4 Å². The average Bonchev–Trinajstić information content (AvgIpc) is 3.43. The van der Waals surface area contributed by atoms with Gasteiger partial charge in [-0.25, -0.2) is 8.78 Å². The fourth-order valence-corrected chi connectivity index (χ4v) is 6.57. The molecule has 0 saturated carbocycles. The Kier molecular flexibility index (Phi) is 6.76. The Bertz CT molecular complexity index is 1260. The van der Waals surface area contributed by atoms with E-state index in [9.17, 15) is 23.2 Å². The molecule has 1 aromatic carbocycles. The summed E-state index contributed by atoms with van der Waals surface area (Å²) in [6, 6.07) is 9.34. The van der Waals surface area contributed by atoms with E-state index < -0.39 is 12.5 Å². The maximum absolute atomic E-state index is 13.5. The highest BCUT2D eigenvalue weighted by molar-refractivity contribution is 7.99. The van der Waals surface area contributed by atoms with Crippen LogP contribution in [0.15, 0.2) is 40.0 Å². The molecular weight excluding hydrogens is 510 g/mol. The van der Waals surface area contributed by atoms with Gasteiger partial charge < -0.3 is 19.3 Å². The van der Waals surface area contributed by atoms with E-state index in [1.54, 1.807) is 18.0 Å². The van der Waals surface area contributed by atoms with Gasteiger partial charge in [0.2, 0.25) is 5.91 Å². The molecule has 0 aliphatic carbocycles. The fraction of sp³-hybridized carbons (Fsp3) is 0.480. The molecule has 2 fully saturated rings. The van der Waals surface area contributed by atoms with E-state index in [0.717, 1.165) is 5.69 Å². The minimum atomic E-state index is -2.84. The van der Waals surface area contributed by atoms with Crippen molar-refractivity contribution in [3.63, 3.8) is 0 Å². The van der Waals surface area contributed by atoms with Gasteiger partial charge >= 0.3 is 0 Å². The zero-order chi connectivity index (χ0) is 25.6. The summed E-state index contributed by atoms with van der Waals surface area (Å²) in [5, 5.41) is 0.662. The zero-order valence-electron chi connectivity index (χ0n) is 19.9. The molecule has 0 radical (unpaired) electrons. The summed E-state index contributed by atoms with van der Waals surface area (Å²) in [6.07, 6.45) is -0.306. The van der Waals surface area contributed by atoms with Crippen LogP contribution >= 0.6 is 23.4 Å². The van der Waals surface area contributed by atoms with Crippen LogP contribution in [-0.4, -0.2) is 77.1 Å². The van der Waals surface area contributed by atoms with Gasteiger partial charge in [-0.1, -0.05) is 17.7 Å². The highest BCUT2D eigenvalue weighted by Gasteiger charge is 2.41. The molecule has 7 nitrogen and oxygen atoms in total. The smallest absolute Gasteiger partial charge is 0.270 e. The Labute approximate surface area is 217 Å². The van der Waals surface area contributed by atoms with Crippen LogP contribution in [0.2, 0.25) is 5.02 Å². The van der Waals surface area contributed by atoms with E-state index in [4.69, 9.17) is 11.6 Å². The lowest BCUT2D eigenvalue weighted by atomic mass is 9.98. The summed E-state index contributed by atoms with van der Waals surface area (Å²) in [5.74, 6) is -3.25. The molecule has 4 heterocycles. The molecule has 192 valence electrons. The molecule has 0 spiro atoms. The van der Waals surface area contributed by atoms with Crippen LogP contribution in [0.3, 0.4) is 0 Å². The molecule has 5 rings (SSSR count). The lowest BCUT2D eigenvalue weighted by molar-refractivity contribution is -0.131.